The van der Waals surface area contributed by atoms with Crippen LogP contribution in [-0.4, -0.2) is 29.1 Å². The van der Waals surface area contributed by atoms with E-state index >= 15 is 0 Å². The zero-order chi connectivity index (χ0) is 38.9. The summed E-state index contributed by atoms with van der Waals surface area (Å²) in [6.07, 6.45) is 0. The van der Waals surface area contributed by atoms with Gasteiger partial charge in [-0.05, 0) is 60.2 Å². The highest BCUT2D eigenvalue weighted by atomic mass is 16.3. The number of hydrogen-bond acceptors (Lipinski definition) is 5. The van der Waals surface area contributed by atoms with E-state index in [1.54, 1.807) is 0 Å². The molecule has 0 unspecified atom stereocenters. The lowest BCUT2D eigenvalue weighted by atomic mass is 10.00. The Labute approximate surface area is 338 Å². The van der Waals surface area contributed by atoms with Gasteiger partial charge in [0.15, 0.2) is 17.2 Å². The van der Waals surface area contributed by atoms with Gasteiger partial charge in [0.2, 0.25) is 11.8 Å². The van der Waals surface area contributed by atoms with Gasteiger partial charge in [0.25, 0.3) is 0 Å². The van der Waals surface area contributed by atoms with E-state index in [-0.39, 0.29) is 0 Å². The van der Waals surface area contributed by atoms with Gasteiger partial charge in [-0.25, -0.2) is 9.97 Å². The molecule has 0 amide bonds. The molecule has 0 aliphatic carbocycles. The monoisotopic (exact) mass is 756 g/mol. The summed E-state index contributed by atoms with van der Waals surface area (Å²) in [7, 11) is 0. The first-order valence-corrected chi connectivity index (χ1v) is 19.7. The lowest BCUT2D eigenvalue weighted by molar-refractivity contribution is 0.622. The van der Waals surface area contributed by atoms with Crippen LogP contribution in [0.25, 0.3) is 112 Å². The van der Waals surface area contributed by atoms with Crippen molar-refractivity contribution < 1.29 is 4.42 Å². The normalized spacial score (nSPS) is 11.7. The molecule has 8 aromatic carbocycles. The van der Waals surface area contributed by atoms with Crippen molar-refractivity contribution in [1.82, 2.24) is 29.1 Å². The van der Waals surface area contributed by atoms with Crippen LogP contribution in [-0.2, 0) is 0 Å². The molecule has 12 rings (SSSR count). The van der Waals surface area contributed by atoms with E-state index in [1.165, 1.54) is 0 Å². The summed E-state index contributed by atoms with van der Waals surface area (Å²) < 4.78 is 11.2. The fourth-order valence-corrected chi connectivity index (χ4v) is 8.56. The Morgan fingerprint density at radius 1 is 0.373 bits per heavy atom. The molecule has 0 bridgehead atoms. The van der Waals surface area contributed by atoms with Crippen LogP contribution in [0.3, 0.4) is 0 Å². The standard InChI is InChI=1S/C52H32N6O/c1-5-16-33(17-6-1)49-54-50(34-18-7-2-8-19-34)56-52(55-49)58-44-27-14-13-24-39(44)40-26-15-25-38(46(40)58)36-28-31-45-42(32-36)41-29-30-43-48(47(41)57(45)37-22-11-4-12-23-37)59-51(53-43)35-20-9-3-10-21-35/h1-32H. The topological polar surface area (TPSA) is 74.6 Å². The van der Waals surface area contributed by atoms with E-state index in [2.05, 4.69) is 106 Å². The number of oxazole rings is 1. The Balaban J connectivity index is 1.13. The molecule has 0 saturated heterocycles. The van der Waals surface area contributed by atoms with Crippen LogP contribution in [0.2, 0.25) is 0 Å². The molecule has 7 nitrogen and oxygen atoms in total. The van der Waals surface area contributed by atoms with Crippen molar-refractivity contribution in [3.63, 3.8) is 0 Å². The van der Waals surface area contributed by atoms with E-state index in [9.17, 15) is 0 Å². The van der Waals surface area contributed by atoms with Gasteiger partial charge in [0.05, 0.1) is 22.1 Å². The second-order valence-corrected chi connectivity index (χ2v) is 14.7. The Bertz CT molecular complexity index is 3480. The highest BCUT2D eigenvalue weighted by molar-refractivity contribution is 6.19. The highest BCUT2D eigenvalue weighted by Crippen LogP contribution is 2.42. The molecule has 0 aliphatic heterocycles. The molecule has 0 saturated carbocycles. The van der Waals surface area contributed by atoms with Crippen LogP contribution in [0.1, 0.15) is 0 Å². The highest BCUT2D eigenvalue weighted by Gasteiger charge is 2.23. The van der Waals surface area contributed by atoms with E-state index < -0.39 is 0 Å². The average molecular weight is 757 g/mol. The summed E-state index contributed by atoms with van der Waals surface area (Å²) in [6.45, 7) is 0. The molecule has 0 spiro atoms. The van der Waals surface area contributed by atoms with Crippen molar-refractivity contribution in [2.45, 2.75) is 0 Å². The number of hydrogen-bond donors (Lipinski definition) is 0. The molecule has 0 fully saturated rings. The van der Waals surface area contributed by atoms with Gasteiger partial charge < -0.3 is 8.98 Å². The van der Waals surface area contributed by atoms with Crippen molar-refractivity contribution in [3.05, 3.63) is 194 Å². The van der Waals surface area contributed by atoms with Gasteiger partial charge >= 0.3 is 0 Å². The summed E-state index contributed by atoms with van der Waals surface area (Å²) in [5.74, 6) is 2.38. The van der Waals surface area contributed by atoms with Crippen molar-refractivity contribution in [3.8, 4) is 57.0 Å². The van der Waals surface area contributed by atoms with Gasteiger partial charge in [0, 0.05) is 49.5 Å². The minimum atomic E-state index is 0.556. The third kappa shape index (κ3) is 5.29. The zero-order valence-electron chi connectivity index (χ0n) is 31.6. The number of aromatic nitrogens is 6. The van der Waals surface area contributed by atoms with Gasteiger partial charge in [-0.2, -0.15) is 9.97 Å². The van der Waals surface area contributed by atoms with E-state index in [1.807, 2.05) is 97.1 Å². The number of nitrogens with zero attached hydrogens (tertiary/aromatic N) is 6. The predicted molar refractivity (Wildman–Crippen MR) is 238 cm³/mol. The lowest BCUT2D eigenvalue weighted by Gasteiger charge is -2.13. The molecule has 59 heavy (non-hydrogen) atoms. The first kappa shape index (κ1) is 33.0. The quantitative estimate of drug-likeness (QED) is 0.169. The van der Waals surface area contributed by atoms with Crippen LogP contribution in [0, 0.1) is 0 Å². The molecule has 4 aromatic heterocycles. The maximum Gasteiger partial charge on any atom is 0.238 e. The zero-order valence-corrected chi connectivity index (χ0v) is 31.6. The third-order valence-electron chi connectivity index (χ3n) is 11.2. The Morgan fingerprint density at radius 3 is 1.68 bits per heavy atom. The van der Waals surface area contributed by atoms with Gasteiger partial charge in [-0.15, -0.1) is 0 Å². The molecule has 0 aliphatic rings. The molecule has 0 atom stereocenters. The van der Waals surface area contributed by atoms with Crippen molar-refractivity contribution in [2.24, 2.45) is 0 Å². The second-order valence-electron chi connectivity index (χ2n) is 14.7. The van der Waals surface area contributed by atoms with Crippen molar-refractivity contribution in [1.29, 1.82) is 0 Å². The predicted octanol–water partition coefficient (Wildman–Crippen LogP) is 12.9. The first-order chi connectivity index (χ1) is 29.3. The lowest BCUT2D eigenvalue weighted by Crippen LogP contribution is -2.06. The van der Waals surface area contributed by atoms with Gasteiger partial charge in [0.1, 0.15) is 5.52 Å². The summed E-state index contributed by atoms with van der Waals surface area (Å²) in [5, 5.41) is 4.43. The largest absolute Gasteiger partial charge is 0.434 e. The summed E-state index contributed by atoms with van der Waals surface area (Å²) >= 11 is 0. The summed E-state index contributed by atoms with van der Waals surface area (Å²) in [4.78, 5) is 20.4. The number of benzene rings is 8. The van der Waals surface area contributed by atoms with E-state index in [0.29, 0.717) is 23.5 Å². The maximum atomic E-state index is 6.66. The number of rotatable bonds is 6. The minimum Gasteiger partial charge on any atom is -0.434 e. The van der Waals surface area contributed by atoms with Crippen LogP contribution in [0.4, 0.5) is 0 Å². The fraction of sp³-hybridized carbons (Fsp3) is 0. The molecular formula is C52H32N6O. The smallest absolute Gasteiger partial charge is 0.238 e. The number of fused-ring (bicyclic) bond motifs is 8. The maximum absolute atomic E-state index is 6.66. The van der Waals surface area contributed by atoms with Crippen LogP contribution in [0.15, 0.2) is 199 Å². The molecule has 0 N–H and O–H groups in total. The SMILES string of the molecule is c1ccc(-c2nc(-c3ccccc3)nc(-n3c4ccccc4c4cccc(-c5ccc6c(c5)c5ccc7nc(-c8ccccc8)oc7c5n6-c5ccccc5)c43)n2)cc1. The molecule has 0 radical (unpaired) electrons. The minimum absolute atomic E-state index is 0.556. The molecule has 4 heterocycles. The van der Waals surface area contributed by atoms with Crippen LogP contribution >= 0.6 is 0 Å². The van der Waals surface area contributed by atoms with Crippen molar-refractivity contribution in [2.75, 3.05) is 0 Å². The van der Waals surface area contributed by atoms with E-state index in [4.69, 9.17) is 24.4 Å². The number of para-hydroxylation sites is 3. The molecular weight excluding hydrogens is 725 g/mol. The third-order valence-corrected chi connectivity index (χ3v) is 11.2. The Hall–Kier alpha value is -8.16. The molecule has 12 aromatic rings. The average Bonchev–Trinajstić information content (AvgIpc) is 4.00. The van der Waals surface area contributed by atoms with Crippen LogP contribution < -0.4 is 0 Å². The van der Waals surface area contributed by atoms with E-state index in [0.717, 1.165) is 88.2 Å². The Kier molecular flexibility index (Phi) is 7.40. The fourth-order valence-electron chi connectivity index (χ4n) is 8.56. The van der Waals surface area contributed by atoms with Gasteiger partial charge in [-0.1, -0.05) is 140 Å². The molecule has 7 heteroatoms. The molecule has 276 valence electrons. The van der Waals surface area contributed by atoms with Gasteiger partial charge in [-0.3, -0.25) is 4.57 Å². The first-order valence-electron chi connectivity index (χ1n) is 19.7. The second kappa shape index (κ2) is 13.2. The summed E-state index contributed by atoms with van der Waals surface area (Å²) in [6, 6.07) is 66.9. The van der Waals surface area contributed by atoms with Crippen LogP contribution in [0.5, 0.6) is 0 Å². The summed E-state index contributed by atoms with van der Waals surface area (Å²) in [5.41, 5.74) is 11.6. The Morgan fingerprint density at radius 2 is 0.966 bits per heavy atom. The van der Waals surface area contributed by atoms with Crippen molar-refractivity contribution >= 4 is 54.7 Å².